The molecule has 3 aromatic rings. The number of nitrogens with one attached hydrogen (secondary N) is 1. The number of amides is 1. The zero-order valence-electron chi connectivity index (χ0n) is 19.3. The van der Waals surface area contributed by atoms with Crippen molar-refractivity contribution in [1.29, 1.82) is 0 Å². The molecule has 0 radical (unpaired) electrons. The summed E-state index contributed by atoms with van der Waals surface area (Å²) in [5.41, 5.74) is 5.62. The van der Waals surface area contributed by atoms with Crippen LogP contribution in [0.3, 0.4) is 0 Å². The Bertz CT molecular complexity index is 1460. The first-order valence-corrected chi connectivity index (χ1v) is 12.6. The summed E-state index contributed by atoms with van der Waals surface area (Å²) in [6.45, 7) is 0.380. The molecule has 186 valence electrons. The van der Waals surface area contributed by atoms with Crippen LogP contribution in [0.25, 0.3) is 0 Å². The first-order valence-electron chi connectivity index (χ1n) is 11.6. The molecule has 10 heteroatoms. The number of halogens is 2. The van der Waals surface area contributed by atoms with E-state index in [0.717, 1.165) is 21.6 Å². The van der Waals surface area contributed by atoms with Crippen molar-refractivity contribution in [3.8, 4) is 5.75 Å². The number of carbonyl (C=O) groups is 1. The molecule has 0 bridgehead atoms. The van der Waals surface area contributed by atoms with E-state index in [4.69, 9.17) is 4.74 Å². The number of fused-ring (bicyclic) bond motifs is 4. The average Bonchev–Trinajstić information content (AvgIpc) is 3.08. The second-order valence-corrected chi connectivity index (χ2v) is 10.2. The van der Waals surface area contributed by atoms with Gasteiger partial charge >= 0.3 is 0 Å². The summed E-state index contributed by atoms with van der Waals surface area (Å²) in [4.78, 5) is 28.0. The Kier molecular flexibility index (Phi) is 5.53. The van der Waals surface area contributed by atoms with Crippen molar-refractivity contribution in [2.45, 2.75) is 41.7 Å². The van der Waals surface area contributed by atoms with Crippen LogP contribution >= 0.6 is 11.8 Å². The molecule has 0 aliphatic carbocycles. The zero-order chi connectivity index (χ0) is 25.1. The smallest absolute Gasteiger partial charge is 0.278 e. The highest BCUT2D eigenvalue weighted by molar-refractivity contribution is 7.98. The molecule has 3 aliphatic heterocycles. The molecule has 1 saturated heterocycles. The van der Waals surface area contributed by atoms with Gasteiger partial charge in [-0.15, -0.1) is 11.8 Å². The van der Waals surface area contributed by atoms with Gasteiger partial charge in [-0.3, -0.25) is 14.3 Å². The fourth-order valence-electron chi connectivity index (χ4n) is 5.63. The van der Waals surface area contributed by atoms with Crippen molar-refractivity contribution in [3.63, 3.8) is 0 Å². The van der Waals surface area contributed by atoms with Crippen molar-refractivity contribution in [2.75, 3.05) is 19.1 Å². The van der Waals surface area contributed by atoms with Gasteiger partial charge in [0.1, 0.15) is 6.17 Å². The lowest BCUT2D eigenvalue weighted by atomic mass is 9.80. The standard InChI is InChI=1S/C26H23F2N3O4S/c1-35-19-8-9-30-25(29-31-10-7-18(32)24(33)23(31)26(30)34)21(19)14-3-2-4-20-15(14)11-13-5-6-17(27)22(28)16(13)12-36-20/h2-7,10,19,21,25,29,33H,8-9,11-12H2,1H3/t19-,21?,25+/m1/s1. The van der Waals surface area contributed by atoms with Crippen molar-refractivity contribution in [2.24, 2.45) is 0 Å². The molecule has 3 aliphatic rings. The number of thioether (sulfide) groups is 1. The van der Waals surface area contributed by atoms with E-state index in [-0.39, 0.29) is 17.7 Å². The zero-order valence-corrected chi connectivity index (χ0v) is 20.1. The van der Waals surface area contributed by atoms with Crippen LogP contribution in [0.15, 0.2) is 52.3 Å². The number of nitrogens with zero attached hydrogens (tertiary/aromatic N) is 2. The van der Waals surface area contributed by atoms with Crippen LogP contribution in [-0.4, -0.2) is 46.5 Å². The summed E-state index contributed by atoms with van der Waals surface area (Å²) in [6, 6.07) is 9.91. The number of piperidine rings is 1. The highest BCUT2D eigenvalue weighted by Gasteiger charge is 2.46. The second kappa shape index (κ2) is 8.63. The summed E-state index contributed by atoms with van der Waals surface area (Å²) in [6.07, 6.45) is 1.66. The predicted molar refractivity (Wildman–Crippen MR) is 130 cm³/mol. The molecular formula is C26H23F2N3O4S. The van der Waals surface area contributed by atoms with Crippen LogP contribution in [0.1, 0.15) is 45.1 Å². The lowest BCUT2D eigenvalue weighted by molar-refractivity contribution is -0.00630. The SMILES string of the molecule is CO[C@@H]1CCN2C(=O)c3c(O)c(=O)ccn3N[C@@H]2C1c1cccc2c1Cc1ccc(F)c(F)c1CS2. The summed E-state index contributed by atoms with van der Waals surface area (Å²) in [5, 5.41) is 10.3. The number of hydrogen-bond donors (Lipinski definition) is 2. The first-order chi connectivity index (χ1) is 17.4. The van der Waals surface area contributed by atoms with Crippen LogP contribution in [-0.2, 0) is 16.9 Å². The normalized spacial score (nSPS) is 22.6. The topological polar surface area (TPSA) is 83.8 Å². The minimum Gasteiger partial charge on any atom is -0.502 e. The van der Waals surface area contributed by atoms with Gasteiger partial charge < -0.3 is 20.2 Å². The third-order valence-corrected chi connectivity index (χ3v) is 8.53. The number of rotatable bonds is 2. The van der Waals surface area contributed by atoms with Crippen LogP contribution in [0.5, 0.6) is 5.75 Å². The van der Waals surface area contributed by atoms with Gasteiger partial charge in [0.25, 0.3) is 5.91 Å². The molecule has 1 unspecified atom stereocenters. The number of pyridine rings is 1. The van der Waals surface area contributed by atoms with Gasteiger partial charge in [0.05, 0.1) is 12.0 Å². The van der Waals surface area contributed by atoms with Gasteiger partial charge in [0.2, 0.25) is 5.43 Å². The van der Waals surface area contributed by atoms with Gasteiger partial charge in [0.15, 0.2) is 23.1 Å². The number of hydrogen-bond acceptors (Lipinski definition) is 6. The van der Waals surface area contributed by atoms with Gasteiger partial charge in [-0.2, -0.15) is 0 Å². The monoisotopic (exact) mass is 511 g/mol. The molecule has 7 nitrogen and oxygen atoms in total. The fourth-order valence-corrected chi connectivity index (χ4v) is 6.78. The molecule has 2 aromatic carbocycles. The number of methoxy groups -OCH3 is 1. The van der Waals surface area contributed by atoms with Gasteiger partial charge in [-0.1, -0.05) is 18.2 Å². The van der Waals surface area contributed by atoms with Crippen molar-refractivity contribution in [3.05, 3.63) is 92.4 Å². The maximum Gasteiger partial charge on any atom is 0.278 e. The maximum atomic E-state index is 14.6. The number of aromatic nitrogens is 1. The van der Waals surface area contributed by atoms with Crippen molar-refractivity contribution < 1.29 is 23.4 Å². The molecule has 4 heterocycles. The molecule has 1 amide bonds. The quantitative estimate of drug-likeness (QED) is 0.548. The number of benzene rings is 2. The lowest BCUT2D eigenvalue weighted by Gasteiger charge is -2.49. The third kappa shape index (κ3) is 3.42. The van der Waals surface area contributed by atoms with E-state index < -0.39 is 34.9 Å². The van der Waals surface area contributed by atoms with E-state index in [9.17, 15) is 23.5 Å². The Hall–Kier alpha value is -3.37. The molecule has 0 spiro atoms. The van der Waals surface area contributed by atoms with Crippen LogP contribution in [0, 0.1) is 11.6 Å². The van der Waals surface area contributed by atoms with E-state index in [1.54, 1.807) is 18.1 Å². The minimum absolute atomic E-state index is 0.0951. The average molecular weight is 512 g/mol. The summed E-state index contributed by atoms with van der Waals surface area (Å²) in [7, 11) is 1.64. The molecule has 36 heavy (non-hydrogen) atoms. The maximum absolute atomic E-state index is 14.6. The summed E-state index contributed by atoms with van der Waals surface area (Å²) >= 11 is 1.46. The predicted octanol–water partition coefficient (Wildman–Crippen LogP) is 3.56. The molecular weight excluding hydrogens is 488 g/mol. The van der Waals surface area contributed by atoms with E-state index >= 15 is 0 Å². The van der Waals surface area contributed by atoms with Gasteiger partial charge in [0, 0.05) is 42.1 Å². The molecule has 6 rings (SSSR count). The molecule has 1 fully saturated rings. The number of ether oxygens (including phenoxy) is 1. The van der Waals surface area contributed by atoms with Gasteiger partial charge in [-0.05, 0) is 41.7 Å². The fraction of sp³-hybridized carbons (Fsp3) is 0.308. The Labute approximate surface area is 209 Å². The Morgan fingerprint density at radius 1 is 1.14 bits per heavy atom. The molecule has 3 atom stereocenters. The molecule has 2 N–H and O–H groups in total. The van der Waals surface area contributed by atoms with E-state index in [0.29, 0.717) is 30.7 Å². The van der Waals surface area contributed by atoms with Crippen LogP contribution in [0.2, 0.25) is 0 Å². The third-order valence-electron chi connectivity index (χ3n) is 7.40. The minimum atomic E-state index is -0.854. The number of aromatic hydroxyl groups is 1. The highest BCUT2D eigenvalue weighted by atomic mass is 32.2. The van der Waals surface area contributed by atoms with Crippen LogP contribution in [0.4, 0.5) is 8.78 Å². The van der Waals surface area contributed by atoms with E-state index in [2.05, 4.69) is 5.43 Å². The Balaban J connectivity index is 1.48. The van der Waals surface area contributed by atoms with Crippen LogP contribution < -0.4 is 10.9 Å². The lowest BCUT2D eigenvalue weighted by Crippen LogP contribution is -2.61. The molecule has 0 saturated carbocycles. The van der Waals surface area contributed by atoms with Crippen molar-refractivity contribution >= 4 is 17.7 Å². The number of carbonyl (C=O) groups excluding carboxylic acids is 1. The van der Waals surface area contributed by atoms with Gasteiger partial charge in [-0.25, -0.2) is 8.78 Å². The Morgan fingerprint density at radius 3 is 2.78 bits per heavy atom. The van der Waals surface area contributed by atoms with E-state index in [1.807, 2.05) is 18.2 Å². The first kappa shape index (κ1) is 23.1. The van der Waals surface area contributed by atoms with E-state index in [1.165, 1.54) is 34.8 Å². The summed E-state index contributed by atoms with van der Waals surface area (Å²) in [5.74, 6) is -2.67. The summed E-state index contributed by atoms with van der Waals surface area (Å²) < 4.78 is 35.9. The largest absolute Gasteiger partial charge is 0.502 e. The molecule has 1 aromatic heterocycles. The van der Waals surface area contributed by atoms with Crippen molar-refractivity contribution in [1.82, 2.24) is 9.58 Å². The highest BCUT2D eigenvalue weighted by Crippen LogP contribution is 2.43. The Morgan fingerprint density at radius 2 is 1.97 bits per heavy atom. The second-order valence-electron chi connectivity index (χ2n) is 9.20.